The van der Waals surface area contributed by atoms with Crippen molar-refractivity contribution in [1.82, 2.24) is 10.3 Å². The molecule has 0 saturated heterocycles. The molecule has 0 bridgehead atoms. The number of benzene rings is 1. The molecule has 0 fully saturated rings. The molecular weight excluding hydrogens is 319 g/mol. The Bertz CT molecular complexity index is 631. The van der Waals surface area contributed by atoms with Gasteiger partial charge in [-0.2, -0.15) is 0 Å². The van der Waals surface area contributed by atoms with Crippen LogP contribution in [0.1, 0.15) is 28.0 Å². The fourth-order valence-electron chi connectivity index (χ4n) is 1.82. The molecule has 1 heterocycles. The minimum atomic E-state index is -0.855. The van der Waals surface area contributed by atoms with Gasteiger partial charge >= 0.3 is 0 Å². The number of hydrogen-bond donors (Lipinski definition) is 2. The van der Waals surface area contributed by atoms with Crippen molar-refractivity contribution in [2.75, 3.05) is 13.2 Å². The van der Waals surface area contributed by atoms with E-state index in [1.165, 1.54) is 35.6 Å². The van der Waals surface area contributed by atoms with E-state index in [0.717, 1.165) is 17.8 Å². The molecule has 0 saturated carbocycles. The lowest BCUT2D eigenvalue weighted by Gasteiger charge is -2.12. The number of nitrogens with one attached hydrogen (secondary N) is 1. The minimum Gasteiger partial charge on any atom is -0.491 e. The Balaban J connectivity index is 1.73. The third kappa shape index (κ3) is 5.61. The van der Waals surface area contributed by atoms with E-state index < -0.39 is 6.10 Å². The van der Waals surface area contributed by atoms with Crippen molar-refractivity contribution >= 4 is 17.2 Å². The molecule has 1 amide bonds. The first-order valence-electron chi connectivity index (χ1n) is 7.37. The van der Waals surface area contributed by atoms with Crippen molar-refractivity contribution in [2.24, 2.45) is 0 Å². The van der Waals surface area contributed by atoms with Crippen LogP contribution in [0.4, 0.5) is 4.39 Å². The number of nitrogens with zero attached hydrogens (tertiary/aromatic N) is 1. The summed E-state index contributed by atoms with van der Waals surface area (Å²) in [5.74, 6) is -0.147. The fourth-order valence-corrected chi connectivity index (χ4v) is 2.76. The number of carbonyl (C=O) groups excluding carboxylic acids is 1. The molecule has 7 heteroatoms. The highest BCUT2D eigenvalue weighted by Crippen LogP contribution is 2.14. The van der Waals surface area contributed by atoms with Crippen molar-refractivity contribution < 1.29 is 19.0 Å². The second-order valence-corrected chi connectivity index (χ2v) is 6.11. The van der Waals surface area contributed by atoms with E-state index in [4.69, 9.17) is 4.74 Å². The van der Waals surface area contributed by atoms with Crippen molar-refractivity contribution in [2.45, 2.75) is 25.9 Å². The summed E-state index contributed by atoms with van der Waals surface area (Å²) in [6.07, 6.45) is 2.53. The maximum atomic E-state index is 12.7. The van der Waals surface area contributed by atoms with E-state index in [-0.39, 0.29) is 24.9 Å². The molecule has 0 radical (unpaired) electrons. The minimum absolute atomic E-state index is 0.00961. The second-order valence-electron chi connectivity index (χ2n) is 5.00. The summed E-state index contributed by atoms with van der Waals surface area (Å²) in [4.78, 5) is 16.6. The van der Waals surface area contributed by atoms with Crippen LogP contribution in [0.2, 0.25) is 0 Å². The highest BCUT2D eigenvalue weighted by Gasteiger charge is 2.12. The lowest BCUT2D eigenvalue weighted by Crippen LogP contribution is -2.35. The van der Waals surface area contributed by atoms with Gasteiger partial charge in [0.15, 0.2) is 0 Å². The normalized spacial score (nSPS) is 12.0. The van der Waals surface area contributed by atoms with Crippen molar-refractivity contribution in [1.29, 1.82) is 0 Å². The molecule has 1 atom stereocenters. The van der Waals surface area contributed by atoms with E-state index in [0.29, 0.717) is 10.6 Å². The van der Waals surface area contributed by atoms with Gasteiger partial charge in [0.2, 0.25) is 0 Å². The van der Waals surface area contributed by atoms with Crippen LogP contribution in [-0.4, -0.2) is 35.3 Å². The Labute approximate surface area is 138 Å². The zero-order chi connectivity index (χ0) is 16.7. The van der Waals surface area contributed by atoms with Gasteiger partial charge < -0.3 is 15.2 Å². The van der Waals surface area contributed by atoms with E-state index in [2.05, 4.69) is 17.2 Å². The summed E-state index contributed by atoms with van der Waals surface area (Å²) in [7, 11) is 0. The van der Waals surface area contributed by atoms with E-state index in [1.807, 2.05) is 0 Å². The molecule has 23 heavy (non-hydrogen) atoms. The Kier molecular flexibility index (Phi) is 6.49. The van der Waals surface area contributed by atoms with Crippen LogP contribution in [0.15, 0.2) is 30.5 Å². The summed E-state index contributed by atoms with van der Waals surface area (Å²) in [6, 6.07) is 5.52. The monoisotopic (exact) mass is 338 g/mol. The van der Waals surface area contributed by atoms with Crippen molar-refractivity contribution in [3.8, 4) is 5.75 Å². The summed E-state index contributed by atoms with van der Waals surface area (Å²) in [6.45, 7) is 2.13. The number of ether oxygens (including phenoxy) is 1. The highest BCUT2D eigenvalue weighted by molar-refractivity contribution is 7.13. The Morgan fingerprint density at radius 2 is 2.17 bits per heavy atom. The number of halogens is 1. The summed E-state index contributed by atoms with van der Waals surface area (Å²) < 4.78 is 18.1. The van der Waals surface area contributed by atoms with Crippen LogP contribution < -0.4 is 10.1 Å². The third-order valence-corrected chi connectivity index (χ3v) is 4.05. The molecule has 0 aliphatic carbocycles. The van der Waals surface area contributed by atoms with Gasteiger partial charge in [-0.25, -0.2) is 9.37 Å². The fraction of sp³-hybridized carbons (Fsp3) is 0.375. The maximum Gasteiger partial charge on any atom is 0.263 e. The van der Waals surface area contributed by atoms with Gasteiger partial charge in [-0.3, -0.25) is 4.79 Å². The van der Waals surface area contributed by atoms with Gasteiger partial charge in [0.05, 0.1) is 11.2 Å². The lowest BCUT2D eigenvalue weighted by atomic mass is 10.3. The van der Waals surface area contributed by atoms with Gasteiger partial charge in [-0.05, 0) is 37.1 Å². The molecule has 0 spiro atoms. The number of aliphatic hydroxyl groups is 1. The Morgan fingerprint density at radius 1 is 1.43 bits per heavy atom. The van der Waals surface area contributed by atoms with Gasteiger partial charge in [0.1, 0.15) is 29.2 Å². The van der Waals surface area contributed by atoms with E-state index in [9.17, 15) is 14.3 Å². The molecule has 1 aromatic heterocycles. The topological polar surface area (TPSA) is 71.5 Å². The summed E-state index contributed by atoms with van der Waals surface area (Å²) in [5, 5.41) is 13.4. The Hall–Kier alpha value is -1.99. The first kappa shape index (κ1) is 17.4. The van der Waals surface area contributed by atoms with Gasteiger partial charge in [0, 0.05) is 6.54 Å². The van der Waals surface area contributed by atoms with Crippen LogP contribution in [0.5, 0.6) is 5.75 Å². The predicted molar refractivity (Wildman–Crippen MR) is 86.3 cm³/mol. The summed E-state index contributed by atoms with van der Waals surface area (Å²) in [5.41, 5.74) is 0. The average Bonchev–Trinajstić information content (AvgIpc) is 3.01. The van der Waals surface area contributed by atoms with Crippen LogP contribution in [0, 0.1) is 5.82 Å². The first-order valence-corrected chi connectivity index (χ1v) is 8.19. The van der Waals surface area contributed by atoms with Crippen LogP contribution in [0.3, 0.4) is 0 Å². The molecule has 0 aliphatic heterocycles. The second kappa shape index (κ2) is 8.59. The molecule has 2 aromatic rings. The molecule has 1 aromatic carbocycles. The van der Waals surface area contributed by atoms with E-state index in [1.54, 1.807) is 6.20 Å². The third-order valence-electron chi connectivity index (χ3n) is 3.00. The van der Waals surface area contributed by atoms with Crippen molar-refractivity contribution in [3.05, 3.63) is 46.2 Å². The van der Waals surface area contributed by atoms with Crippen LogP contribution >= 0.6 is 11.3 Å². The molecule has 124 valence electrons. The lowest BCUT2D eigenvalue weighted by molar-refractivity contribution is 0.0846. The standard InChI is InChI=1S/C16H19FN2O3S/c1-2-3-15-18-9-14(23-15)16(21)19-8-12(20)10-22-13-6-4-11(17)5-7-13/h4-7,9,12,20H,2-3,8,10H2,1H3,(H,19,21). The highest BCUT2D eigenvalue weighted by atomic mass is 32.1. The molecule has 2 N–H and O–H groups in total. The molecule has 1 unspecified atom stereocenters. The van der Waals surface area contributed by atoms with E-state index >= 15 is 0 Å². The number of aryl methyl sites for hydroxylation is 1. The van der Waals surface area contributed by atoms with Crippen LogP contribution in [-0.2, 0) is 6.42 Å². The number of aromatic nitrogens is 1. The van der Waals surface area contributed by atoms with Gasteiger partial charge in [-0.1, -0.05) is 6.92 Å². The molecule has 0 aliphatic rings. The number of rotatable bonds is 8. The van der Waals surface area contributed by atoms with Gasteiger partial charge in [0.25, 0.3) is 5.91 Å². The smallest absolute Gasteiger partial charge is 0.263 e. The van der Waals surface area contributed by atoms with Crippen LogP contribution in [0.25, 0.3) is 0 Å². The van der Waals surface area contributed by atoms with Gasteiger partial charge in [-0.15, -0.1) is 11.3 Å². The zero-order valence-corrected chi connectivity index (χ0v) is 13.6. The SMILES string of the molecule is CCCc1ncc(C(=O)NCC(O)COc2ccc(F)cc2)s1. The number of thiazole rings is 1. The molecule has 5 nitrogen and oxygen atoms in total. The van der Waals surface area contributed by atoms with Crippen molar-refractivity contribution in [3.63, 3.8) is 0 Å². The number of aliphatic hydroxyl groups excluding tert-OH is 1. The number of carbonyl (C=O) groups is 1. The molecular formula is C16H19FN2O3S. The quantitative estimate of drug-likeness (QED) is 0.775. The zero-order valence-electron chi connectivity index (χ0n) is 12.8. The number of hydrogen-bond acceptors (Lipinski definition) is 5. The number of amides is 1. The maximum absolute atomic E-state index is 12.7. The average molecular weight is 338 g/mol. The largest absolute Gasteiger partial charge is 0.491 e. The molecule has 2 rings (SSSR count). The Morgan fingerprint density at radius 3 is 2.87 bits per heavy atom. The summed E-state index contributed by atoms with van der Waals surface area (Å²) >= 11 is 1.36. The first-order chi connectivity index (χ1) is 11.1. The predicted octanol–water partition coefficient (Wildman–Crippen LogP) is 2.40.